The number of ether oxygens (including phenoxy) is 2. The minimum absolute atomic E-state index is 0.103. The van der Waals surface area contributed by atoms with Crippen LogP contribution in [0.2, 0.25) is 0 Å². The van der Waals surface area contributed by atoms with E-state index in [0.717, 1.165) is 44.9 Å². The zero-order valence-corrected chi connectivity index (χ0v) is 34.7. The second-order valence-corrected chi connectivity index (χ2v) is 15.5. The molecule has 0 spiro atoms. The van der Waals surface area contributed by atoms with Crippen LogP contribution in [-0.2, 0) is 28.2 Å². The number of esters is 2. The van der Waals surface area contributed by atoms with Gasteiger partial charge in [0.05, 0.1) is 18.8 Å². The van der Waals surface area contributed by atoms with Gasteiger partial charge in [0.25, 0.3) is 0 Å². The van der Waals surface area contributed by atoms with Crippen LogP contribution >= 0.6 is 7.82 Å². The first-order valence-electron chi connectivity index (χ1n) is 21.1. The van der Waals surface area contributed by atoms with Gasteiger partial charge in [-0.05, 0) is 77.0 Å². The third-order valence-electron chi connectivity index (χ3n) is 9.02. The van der Waals surface area contributed by atoms with Crippen molar-refractivity contribution in [3.05, 3.63) is 48.6 Å². The monoisotopic (exact) mass is 785 g/mol. The fraction of sp³-hybridized carbons (Fsp3) is 0.767. The predicted molar refractivity (Wildman–Crippen MR) is 219 cm³/mol. The summed E-state index contributed by atoms with van der Waals surface area (Å²) in [6.07, 6.45) is 38.6. The second kappa shape index (κ2) is 37.8. The van der Waals surface area contributed by atoms with Gasteiger partial charge in [-0.1, -0.05) is 140 Å². The molecular formula is C43H77O10P. The highest BCUT2D eigenvalue weighted by molar-refractivity contribution is 7.46. The summed E-state index contributed by atoms with van der Waals surface area (Å²) in [7, 11) is -4.84. The van der Waals surface area contributed by atoms with Crippen LogP contribution in [0.25, 0.3) is 0 Å². The van der Waals surface area contributed by atoms with Crippen LogP contribution in [0.1, 0.15) is 181 Å². The minimum Gasteiger partial charge on any atom is -0.462 e. The largest absolute Gasteiger partial charge is 0.469 e. The molecule has 0 aromatic heterocycles. The lowest BCUT2D eigenvalue weighted by molar-refractivity contribution is -0.161. The Bertz CT molecular complexity index is 1050. The maximum Gasteiger partial charge on any atom is 0.469 e. The van der Waals surface area contributed by atoms with Crippen molar-refractivity contribution in [1.29, 1.82) is 0 Å². The Balaban J connectivity index is 4.17. The quantitative estimate of drug-likeness (QED) is 0.0205. The molecule has 0 aliphatic carbocycles. The summed E-state index contributed by atoms with van der Waals surface area (Å²) < 4.78 is 26.2. The number of carbonyl (C=O) groups is 2. The molecule has 0 aromatic rings. The third kappa shape index (κ3) is 38.2. The lowest BCUT2D eigenvalue weighted by atomic mass is 10.0. The van der Waals surface area contributed by atoms with Gasteiger partial charge in [0, 0.05) is 12.8 Å². The van der Waals surface area contributed by atoms with E-state index in [9.17, 15) is 24.4 Å². The fourth-order valence-electron chi connectivity index (χ4n) is 5.71. The number of phosphoric acid groups is 1. The van der Waals surface area contributed by atoms with Gasteiger partial charge in [0.1, 0.15) is 6.61 Å². The van der Waals surface area contributed by atoms with Crippen LogP contribution in [-0.4, -0.2) is 63.5 Å². The maximum atomic E-state index is 12.4. The van der Waals surface area contributed by atoms with Crippen molar-refractivity contribution >= 4 is 19.8 Å². The number of rotatable bonds is 38. The van der Waals surface area contributed by atoms with Gasteiger partial charge in [-0.3, -0.25) is 14.1 Å². The van der Waals surface area contributed by atoms with Gasteiger partial charge >= 0.3 is 19.8 Å². The molecule has 10 nitrogen and oxygen atoms in total. The Morgan fingerprint density at radius 2 is 1.02 bits per heavy atom. The number of phosphoric ester groups is 1. The molecule has 0 aromatic carbocycles. The second-order valence-electron chi connectivity index (χ2n) is 14.3. The molecular weight excluding hydrogens is 707 g/mol. The third-order valence-corrected chi connectivity index (χ3v) is 9.51. The number of carbonyl (C=O) groups excluding carboxylic acids is 2. The number of hydrogen-bond acceptors (Lipinski definition) is 8. The Hall–Kier alpha value is -2.07. The van der Waals surface area contributed by atoms with E-state index in [2.05, 4.69) is 54.8 Å². The summed E-state index contributed by atoms with van der Waals surface area (Å²) in [5.74, 6) is -1.17. The van der Waals surface area contributed by atoms with Gasteiger partial charge < -0.3 is 29.5 Å². The minimum atomic E-state index is -4.84. The molecule has 0 amide bonds. The molecule has 0 radical (unpaired) electrons. The molecule has 11 heteroatoms. The van der Waals surface area contributed by atoms with Crippen molar-refractivity contribution in [3.8, 4) is 0 Å². The lowest BCUT2D eigenvalue weighted by Crippen LogP contribution is -2.30. The van der Waals surface area contributed by atoms with Crippen molar-refractivity contribution in [2.75, 3.05) is 13.2 Å². The Kier molecular flexibility index (Phi) is 36.4. The standard InChI is InChI=1S/C43H77O10P/c1-3-5-7-9-11-13-15-17-18-19-20-21-23-25-27-29-31-35-42(46)51-37-39(38-52-54(48,49)50)53-43(47)36-32-34-41(45)40(44)33-30-28-26-24-22-16-14-12-10-8-6-4-2/h12,14,17-18,22,24,28,30,39-41,44-45H,3-11,13,15-16,19-21,23,25-27,29,31-38H2,1-2H3,(H2,48,49,50)/b14-12-,18-17-,24-22-,30-28-/t39-,40?,41?/m1/s1. The average Bonchev–Trinajstić information content (AvgIpc) is 3.13. The molecule has 54 heavy (non-hydrogen) atoms. The molecule has 0 aliphatic heterocycles. The fourth-order valence-corrected chi connectivity index (χ4v) is 6.07. The van der Waals surface area contributed by atoms with Gasteiger partial charge in [0.2, 0.25) is 0 Å². The van der Waals surface area contributed by atoms with E-state index in [4.69, 9.17) is 19.3 Å². The molecule has 2 unspecified atom stereocenters. The first-order chi connectivity index (χ1) is 26.1. The van der Waals surface area contributed by atoms with E-state index < -0.39 is 51.3 Å². The highest BCUT2D eigenvalue weighted by atomic mass is 31.2. The summed E-state index contributed by atoms with van der Waals surface area (Å²) in [5.41, 5.74) is 0. The SMILES string of the molecule is CCCCC/C=C\C/C=C\C/C=C\CC(O)C(O)CCCC(=O)O[C@H](COC(=O)CCCCCCCCC/C=C\CCCCCCCC)COP(=O)(O)O. The summed E-state index contributed by atoms with van der Waals surface area (Å²) in [6, 6.07) is 0. The highest BCUT2D eigenvalue weighted by Gasteiger charge is 2.23. The average molecular weight is 785 g/mol. The predicted octanol–water partition coefficient (Wildman–Crippen LogP) is 10.7. The van der Waals surface area contributed by atoms with E-state index in [1.165, 1.54) is 83.5 Å². The van der Waals surface area contributed by atoms with E-state index in [-0.39, 0.29) is 32.1 Å². The van der Waals surface area contributed by atoms with E-state index in [1.807, 2.05) is 12.2 Å². The summed E-state index contributed by atoms with van der Waals surface area (Å²) >= 11 is 0. The highest BCUT2D eigenvalue weighted by Crippen LogP contribution is 2.36. The van der Waals surface area contributed by atoms with E-state index >= 15 is 0 Å². The molecule has 0 fully saturated rings. The van der Waals surface area contributed by atoms with Crippen molar-refractivity contribution in [2.45, 2.75) is 199 Å². The van der Waals surface area contributed by atoms with Crippen molar-refractivity contribution in [1.82, 2.24) is 0 Å². The molecule has 0 aliphatic rings. The zero-order valence-electron chi connectivity index (χ0n) is 33.8. The molecule has 0 rings (SSSR count). The molecule has 0 heterocycles. The van der Waals surface area contributed by atoms with Crippen LogP contribution in [0.4, 0.5) is 0 Å². The molecule has 0 bridgehead atoms. The van der Waals surface area contributed by atoms with Gasteiger partial charge in [-0.15, -0.1) is 0 Å². The molecule has 0 saturated carbocycles. The smallest absolute Gasteiger partial charge is 0.462 e. The van der Waals surface area contributed by atoms with Crippen molar-refractivity contribution in [3.63, 3.8) is 0 Å². The number of allylic oxidation sites excluding steroid dienone is 7. The zero-order chi connectivity index (χ0) is 40.0. The van der Waals surface area contributed by atoms with Crippen molar-refractivity contribution < 1.29 is 48.2 Å². The topological polar surface area (TPSA) is 160 Å². The first-order valence-corrected chi connectivity index (χ1v) is 22.6. The molecule has 314 valence electrons. The Morgan fingerprint density at radius 3 is 1.61 bits per heavy atom. The maximum absolute atomic E-state index is 12.4. The van der Waals surface area contributed by atoms with Gasteiger partial charge in [0.15, 0.2) is 6.10 Å². The normalized spacial score (nSPS) is 14.1. The van der Waals surface area contributed by atoms with E-state index in [0.29, 0.717) is 6.42 Å². The van der Waals surface area contributed by atoms with Gasteiger partial charge in [-0.2, -0.15) is 0 Å². The molecule has 0 saturated heterocycles. The number of unbranched alkanes of at least 4 members (excludes halogenated alkanes) is 16. The molecule has 3 atom stereocenters. The summed E-state index contributed by atoms with van der Waals surface area (Å²) in [6.45, 7) is 3.40. The van der Waals surface area contributed by atoms with Crippen LogP contribution in [0, 0.1) is 0 Å². The Morgan fingerprint density at radius 1 is 0.556 bits per heavy atom. The lowest BCUT2D eigenvalue weighted by Gasteiger charge is -2.19. The summed E-state index contributed by atoms with van der Waals surface area (Å²) in [5, 5.41) is 20.6. The first kappa shape index (κ1) is 51.9. The van der Waals surface area contributed by atoms with E-state index in [1.54, 1.807) is 0 Å². The molecule has 4 N–H and O–H groups in total. The Labute approximate surface area is 328 Å². The van der Waals surface area contributed by atoms with Crippen molar-refractivity contribution in [2.24, 2.45) is 0 Å². The van der Waals surface area contributed by atoms with Crippen LogP contribution in [0.5, 0.6) is 0 Å². The number of aliphatic hydroxyl groups excluding tert-OH is 2. The van der Waals surface area contributed by atoms with Crippen LogP contribution in [0.3, 0.4) is 0 Å². The number of aliphatic hydroxyl groups is 2. The number of hydrogen-bond donors (Lipinski definition) is 4. The van der Waals surface area contributed by atoms with Crippen LogP contribution in [0.15, 0.2) is 48.6 Å². The summed E-state index contributed by atoms with van der Waals surface area (Å²) in [4.78, 5) is 42.9. The van der Waals surface area contributed by atoms with Gasteiger partial charge in [-0.25, -0.2) is 4.57 Å². The van der Waals surface area contributed by atoms with Crippen LogP contribution < -0.4 is 0 Å².